The summed E-state index contributed by atoms with van der Waals surface area (Å²) in [5.74, 6) is -4.26. The molecule has 0 saturated heterocycles. The number of hydrogen-bond acceptors (Lipinski definition) is 11. The van der Waals surface area contributed by atoms with Crippen LogP contribution in [0.4, 0.5) is 34.1 Å². The van der Waals surface area contributed by atoms with Gasteiger partial charge in [0.25, 0.3) is 23.6 Å². The minimum absolute atomic E-state index is 0.0129. The molecule has 0 aliphatic carbocycles. The van der Waals surface area contributed by atoms with Crippen LogP contribution in [0, 0.1) is 0 Å². The van der Waals surface area contributed by atoms with Crippen molar-refractivity contribution >= 4 is 127 Å². The zero-order valence-corrected chi connectivity index (χ0v) is 38.6. The Labute approximate surface area is 398 Å². The number of carbonyl (C=O) groups excluding carboxylic acids is 6. The molecular weight excluding hydrogens is 942 g/mol. The Morgan fingerprint density at radius 2 is 0.985 bits per heavy atom. The monoisotopic (exact) mass is 978 g/mol. The lowest BCUT2D eigenvalue weighted by Gasteiger charge is -2.15. The molecule has 0 heterocycles. The summed E-state index contributed by atoms with van der Waals surface area (Å²) < 4.78 is 5.49. The smallest absolute Gasteiger partial charge is 0.258 e. The fraction of sp³-hybridized carbons (Fsp3) is 0.200. The predicted octanol–water partition coefficient (Wildman–Crippen LogP) is 12.0. The van der Waals surface area contributed by atoms with Gasteiger partial charge in [-0.1, -0.05) is 71.2 Å². The predicted molar refractivity (Wildman–Crippen MR) is 253 cm³/mol. The van der Waals surface area contributed by atoms with E-state index >= 15 is 0 Å². The van der Waals surface area contributed by atoms with Crippen molar-refractivity contribution < 1.29 is 33.5 Å². The lowest BCUT2D eigenvalue weighted by molar-refractivity contribution is -0.127. The van der Waals surface area contributed by atoms with E-state index in [-0.39, 0.29) is 60.4 Å². The number of ketones is 2. The molecule has 20 heteroatoms. The van der Waals surface area contributed by atoms with Gasteiger partial charge in [-0.25, -0.2) is 0 Å². The third-order valence-electron chi connectivity index (χ3n) is 9.25. The van der Waals surface area contributed by atoms with Crippen LogP contribution in [0.5, 0.6) is 5.75 Å². The number of benzene rings is 5. The molecule has 0 fully saturated rings. The summed E-state index contributed by atoms with van der Waals surface area (Å²) in [6.07, 6.45) is 0. The van der Waals surface area contributed by atoms with Crippen molar-refractivity contribution in [2.45, 2.75) is 50.5 Å². The van der Waals surface area contributed by atoms with Gasteiger partial charge in [-0.2, -0.15) is 20.5 Å². The minimum atomic E-state index is -1.67. The quantitative estimate of drug-likeness (QED) is 0.0379. The van der Waals surface area contributed by atoms with Crippen LogP contribution in [0.15, 0.2) is 124 Å². The van der Waals surface area contributed by atoms with Crippen molar-refractivity contribution in [1.82, 2.24) is 0 Å². The average molecular weight is 981 g/mol. The molecule has 4 atom stereocenters. The van der Waals surface area contributed by atoms with Gasteiger partial charge < -0.3 is 26.0 Å². The molecule has 0 aliphatic rings. The van der Waals surface area contributed by atoms with E-state index in [9.17, 15) is 28.8 Å². The summed E-state index contributed by atoms with van der Waals surface area (Å²) in [7, 11) is 0. The fourth-order valence-electron chi connectivity index (χ4n) is 5.77. The molecule has 5 aromatic rings. The van der Waals surface area contributed by atoms with Gasteiger partial charge >= 0.3 is 0 Å². The van der Waals surface area contributed by atoms with Gasteiger partial charge in [0.15, 0.2) is 17.6 Å². The number of azo groups is 2. The number of rotatable bonds is 18. The normalized spacial score (nSPS) is 13.1. The Kier molecular flexibility index (Phi) is 17.7. The first kappa shape index (κ1) is 49.8. The van der Waals surface area contributed by atoms with Crippen LogP contribution in [0.3, 0.4) is 0 Å². The third-order valence-corrected chi connectivity index (χ3v) is 10.7. The molecule has 0 saturated carbocycles. The molecule has 0 aliphatic heterocycles. The zero-order chi connectivity index (χ0) is 47.4. The Morgan fingerprint density at radius 3 is 1.38 bits per heavy atom. The molecule has 5 rings (SSSR count). The highest BCUT2D eigenvalue weighted by molar-refractivity contribution is 6.37. The van der Waals surface area contributed by atoms with E-state index in [0.717, 1.165) is 25.0 Å². The second-order valence-corrected chi connectivity index (χ2v) is 16.3. The topological polar surface area (TPSA) is 209 Å². The second-order valence-electron chi connectivity index (χ2n) is 14.1. The van der Waals surface area contributed by atoms with Gasteiger partial charge in [0.05, 0.1) is 37.6 Å². The maximum Gasteiger partial charge on any atom is 0.258 e. The maximum absolute atomic E-state index is 13.4. The highest BCUT2D eigenvalue weighted by atomic mass is 35.5. The average Bonchev–Trinajstić information content (AvgIpc) is 3.26. The highest BCUT2D eigenvalue weighted by Gasteiger charge is 2.27. The molecule has 4 unspecified atom stereocenters. The van der Waals surface area contributed by atoms with E-state index in [1.165, 1.54) is 54.6 Å². The number of anilines is 4. The number of nitrogens with zero attached hydrogens (tertiary/aromatic N) is 4. The summed E-state index contributed by atoms with van der Waals surface area (Å²) >= 11 is 31.2. The molecule has 0 spiro atoms. The lowest BCUT2D eigenvalue weighted by atomic mass is 10.1. The molecule has 65 heavy (non-hydrogen) atoms. The van der Waals surface area contributed by atoms with E-state index in [1.54, 1.807) is 48.5 Å². The number of nitrogens with one attached hydrogen (secondary N) is 4. The number of alkyl halides is 3. The Morgan fingerprint density at radius 1 is 0.569 bits per heavy atom. The van der Waals surface area contributed by atoms with Crippen LogP contribution in [0.25, 0.3) is 0 Å². The van der Waals surface area contributed by atoms with Crippen LogP contribution in [0.1, 0.15) is 70.3 Å². The van der Waals surface area contributed by atoms with E-state index in [0.29, 0.717) is 11.4 Å². The third kappa shape index (κ3) is 13.4. The zero-order valence-electron chi connectivity index (χ0n) is 34.9. The van der Waals surface area contributed by atoms with Crippen LogP contribution in [-0.4, -0.2) is 53.3 Å². The van der Waals surface area contributed by atoms with Gasteiger partial charge in [-0.15, -0.1) is 23.2 Å². The van der Waals surface area contributed by atoms with Crippen LogP contribution < -0.4 is 26.0 Å². The molecule has 0 aromatic heterocycles. The van der Waals surface area contributed by atoms with Crippen molar-refractivity contribution in [3.8, 4) is 5.75 Å². The highest BCUT2D eigenvalue weighted by Crippen LogP contribution is 2.33. The number of hydrogen-bond donors (Lipinski definition) is 4. The van der Waals surface area contributed by atoms with Gasteiger partial charge in [0.1, 0.15) is 17.1 Å². The Hall–Kier alpha value is -6.23. The van der Waals surface area contributed by atoms with Gasteiger partial charge in [-0.3, -0.25) is 28.8 Å². The Balaban J connectivity index is 1.26. The first-order valence-corrected chi connectivity index (χ1v) is 21.6. The summed E-state index contributed by atoms with van der Waals surface area (Å²) in [4.78, 5) is 78.2. The molecule has 4 amide bonds. The number of amides is 4. The van der Waals surface area contributed by atoms with Crippen molar-refractivity contribution in [2.75, 3.05) is 27.3 Å². The summed E-state index contributed by atoms with van der Waals surface area (Å²) in [6.45, 7) is 5.92. The maximum atomic E-state index is 13.4. The van der Waals surface area contributed by atoms with Crippen molar-refractivity contribution in [3.05, 3.63) is 135 Å². The standard InChI is InChI=1S/C45H39Cl5N8O7/c1-23(47)27-11-15-29(16-12-27)51-42(61)32-7-5-9-35(38(32)49)55-57-40(25(3)59)44(63)53-31-19-20-34(37(21-31)65-22-46)54-45(64)41(26(4)60)58-56-36-10-6-8-33(39(36)50)43(62)52-30-17-13-28(14-18-30)24(2)48/h5-21,23-24,40-41H,22H2,1-4H3,(H,51,61)(H,52,62)(H,53,63)(H,54,64). The van der Waals surface area contributed by atoms with Crippen molar-refractivity contribution in [3.63, 3.8) is 0 Å². The van der Waals surface area contributed by atoms with Crippen molar-refractivity contribution in [1.29, 1.82) is 0 Å². The van der Waals surface area contributed by atoms with Crippen LogP contribution in [-0.2, 0) is 19.2 Å². The van der Waals surface area contributed by atoms with Gasteiger partial charge in [0, 0.05) is 23.1 Å². The first-order valence-electron chi connectivity index (χ1n) is 19.4. The number of carbonyl (C=O) groups is 6. The molecule has 336 valence electrons. The van der Waals surface area contributed by atoms with Gasteiger partial charge in [0.2, 0.25) is 12.1 Å². The van der Waals surface area contributed by atoms with Crippen LogP contribution >= 0.6 is 58.0 Å². The minimum Gasteiger partial charge on any atom is -0.476 e. The van der Waals surface area contributed by atoms with Crippen molar-refractivity contribution in [2.24, 2.45) is 20.5 Å². The lowest BCUT2D eigenvalue weighted by Crippen LogP contribution is -2.32. The molecule has 15 nitrogen and oxygen atoms in total. The van der Waals surface area contributed by atoms with E-state index in [4.69, 9.17) is 62.7 Å². The number of Topliss-reactive ketones (excluding diaryl/α,β-unsaturated/α-hetero) is 2. The van der Waals surface area contributed by atoms with E-state index in [2.05, 4.69) is 41.7 Å². The molecule has 5 aromatic carbocycles. The molecule has 4 N–H and O–H groups in total. The fourth-order valence-corrected chi connectivity index (χ4v) is 6.68. The summed E-state index contributed by atoms with van der Waals surface area (Å²) in [5.41, 5.74) is 3.03. The number of ether oxygens (including phenoxy) is 1. The molecule has 0 radical (unpaired) electrons. The first-order chi connectivity index (χ1) is 31.0. The van der Waals surface area contributed by atoms with Crippen LogP contribution in [0.2, 0.25) is 10.0 Å². The largest absolute Gasteiger partial charge is 0.476 e. The SMILES string of the molecule is CC(=O)C(N=Nc1cccc(C(=O)Nc2ccc(C(C)Cl)cc2)c1Cl)C(=O)Nc1ccc(NC(=O)C(N=Nc2cccc(C(=O)Nc3ccc(C(C)Cl)cc3)c2Cl)C(C)=O)c(OCCl)c1. The molecule has 0 bridgehead atoms. The Bertz CT molecular complexity index is 2660. The second kappa shape index (κ2) is 23.1. The van der Waals surface area contributed by atoms with E-state index in [1.807, 2.05) is 13.8 Å². The summed E-state index contributed by atoms with van der Waals surface area (Å²) in [5, 5.41) is 25.9. The molecular formula is C45H39Cl5N8O7. The van der Waals surface area contributed by atoms with E-state index < -0.39 is 53.3 Å². The summed E-state index contributed by atoms with van der Waals surface area (Å²) in [6, 6.07) is 23.1. The van der Waals surface area contributed by atoms with Gasteiger partial charge in [-0.05, 0) is 99.5 Å². The number of halogens is 5.